The molecule has 60 valence electrons. The van der Waals surface area contributed by atoms with E-state index in [1.165, 1.54) is 12.2 Å². The lowest BCUT2D eigenvalue weighted by Gasteiger charge is -2.27. The van der Waals surface area contributed by atoms with Crippen molar-refractivity contribution in [3.05, 3.63) is 0 Å². The minimum absolute atomic E-state index is 0.0503. The molecule has 10 heavy (non-hydrogen) atoms. The molecule has 2 nitrogen and oxygen atoms in total. The summed E-state index contributed by atoms with van der Waals surface area (Å²) in [6.45, 7) is 2.49. The van der Waals surface area contributed by atoms with Crippen LogP contribution in [0.1, 0.15) is 19.8 Å². The molecule has 0 aromatic heterocycles. The maximum Gasteiger partial charge on any atom is 0.0806 e. The minimum atomic E-state index is -0.319. The van der Waals surface area contributed by atoms with Crippen LogP contribution in [0.2, 0.25) is 0 Å². The molecule has 1 rings (SSSR count). The summed E-state index contributed by atoms with van der Waals surface area (Å²) < 4.78 is 0.0503. The van der Waals surface area contributed by atoms with Crippen LogP contribution in [-0.4, -0.2) is 28.3 Å². The zero-order chi connectivity index (χ0) is 7.61. The quantitative estimate of drug-likeness (QED) is 0.623. The van der Waals surface area contributed by atoms with Gasteiger partial charge in [-0.25, -0.2) is 0 Å². The lowest BCUT2D eigenvalue weighted by Crippen LogP contribution is -2.39. The SMILES string of the molecule is CC1(C(O)CN)CCCS1. The van der Waals surface area contributed by atoms with E-state index in [4.69, 9.17) is 5.73 Å². The third-order valence-corrected chi connectivity index (χ3v) is 3.81. The van der Waals surface area contributed by atoms with E-state index in [2.05, 4.69) is 6.92 Å². The van der Waals surface area contributed by atoms with Gasteiger partial charge >= 0.3 is 0 Å². The lowest BCUT2D eigenvalue weighted by atomic mass is 9.99. The molecule has 1 aliphatic heterocycles. The third kappa shape index (κ3) is 1.47. The Morgan fingerprint density at radius 1 is 1.80 bits per heavy atom. The van der Waals surface area contributed by atoms with Crippen LogP contribution in [0, 0.1) is 0 Å². The molecule has 0 amide bonds. The van der Waals surface area contributed by atoms with Gasteiger partial charge in [0.15, 0.2) is 0 Å². The van der Waals surface area contributed by atoms with E-state index in [1.807, 2.05) is 11.8 Å². The summed E-state index contributed by atoms with van der Waals surface area (Å²) in [5.41, 5.74) is 5.37. The van der Waals surface area contributed by atoms with E-state index < -0.39 is 0 Å². The second-order valence-corrected chi connectivity index (χ2v) is 4.65. The highest BCUT2D eigenvalue weighted by Crippen LogP contribution is 2.39. The Bertz CT molecular complexity index is 112. The van der Waals surface area contributed by atoms with Crippen LogP contribution in [-0.2, 0) is 0 Å². The molecule has 0 aromatic carbocycles. The topological polar surface area (TPSA) is 46.2 Å². The van der Waals surface area contributed by atoms with E-state index in [9.17, 15) is 5.11 Å². The highest BCUT2D eigenvalue weighted by molar-refractivity contribution is 8.00. The van der Waals surface area contributed by atoms with Crippen molar-refractivity contribution < 1.29 is 5.11 Å². The van der Waals surface area contributed by atoms with Crippen LogP contribution < -0.4 is 5.73 Å². The highest BCUT2D eigenvalue weighted by atomic mass is 32.2. The zero-order valence-corrected chi connectivity index (χ0v) is 7.16. The Kier molecular flexibility index (Phi) is 2.61. The summed E-state index contributed by atoms with van der Waals surface area (Å²) >= 11 is 1.85. The molecule has 3 heteroatoms. The highest BCUT2D eigenvalue weighted by Gasteiger charge is 2.35. The normalized spacial score (nSPS) is 36.3. The van der Waals surface area contributed by atoms with Crippen molar-refractivity contribution in [1.82, 2.24) is 0 Å². The lowest BCUT2D eigenvalue weighted by molar-refractivity contribution is 0.141. The molecule has 0 aliphatic carbocycles. The summed E-state index contributed by atoms with van der Waals surface area (Å²) in [6, 6.07) is 0. The van der Waals surface area contributed by atoms with Crippen LogP contribution >= 0.6 is 11.8 Å². The van der Waals surface area contributed by atoms with Gasteiger partial charge in [-0.2, -0.15) is 11.8 Å². The van der Waals surface area contributed by atoms with Gasteiger partial charge < -0.3 is 10.8 Å². The van der Waals surface area contributed by atoms with E-state index in [0.29, 0.717) is 6.54 Å². The average molecular weight is 161 g/mol. The van der Waals surface area contributed by atoms with Crippen LogP contribution in [0.3, 0.4) is 0 Å². The monoisotopic (exact) mass is 161 g/mol. The first kappa shape index (κ1) is 8.37. The van der Waals surface area contributed by atoms with Gasteiger partial charge in [-0.05, 0) is 25.5 Å². The van der Waals surface area contributed by atoms with Gasteiger partial charge in [0.2, 0.25) is 0 Å². The smallest absolute Gasteiger partial charge is 0.0806 e. The molecular weight excluding hydrogens is 146 g/mol. The maximum absolute atomic E-state index is 9.47. The summed E-state index contributed by atoms with van der Waals surface area (Å²) in [5, 5.41) is 9.47. The molecule has 0 aromatic rings. The fourth-order valence-electron chi connectivity index (χ4n) is 1.31. The molecule has 1 saturated heterocycles. The van der Waals surface area contributed by atoms with Crippen molar-refractivity contribution in [1.29, 1.82) is 0 Å². The van der Waals surface area contributed by atoms with Gasteiger partial charge in [-0.3, -0.25) is 0 Å². The van der Waals surface area contributed by atoms with Crippen LogP contribution in [0.25, 0.3) is 0 Å². The average Bonchev–Trinajstić information content (AvgIpc) is 2.36. The summed E-state index contributed by atoms with van der Waals surface area (Å²) in [5.74, 6) is 1.17. The fraction of sp³-hybridized carbons (Fsp3) is 1.00. The van der Waals surface area contributed by atoms with E-state index in [1.54, 1.807) is 0 Å². The summed E-state index contributed by atoms with van der Waals surface area (Å²) in [4.78, 5) is 0. The Morgan fingerprint density at radius 2 is 2.50 bits per heavy atom. The molecule has 2 atom stereocenters. The van der Waals surface area contributed by atoms with E-state index in [0.717, 1.165) is 6.42 Å². The first-order valence-electron chi connectivity index (χ1n) is 3.71. The van der Waals surface area contributed by atoms with Gasteiger partial charge in [0.1, 0.15) is 0 Å². The van der Waals surface area contributed by atoms with Crippen molar-refractivity contribution in [3.8, 4) is 0 Å². The van der Waals surface area contributed by atoms with Crippen LogP contribution in [0.4, 0.5) is 0 Å². The minimum Gasteiger partial charge on any atom is -0.390 e. The predicted octanol–water partition coefficient (Wildman–Crippen LogP) is 0.592. The molecular formula is C7H15NOS. The summed E-state index contributed by atoms with van der Waals surface area (Å²) in [6.07, 6.45) is 2.01. The molecule has 3 N–H and O–H groups in total. The Morgan fingerprint density at radius 3 is 2.90 bits per heavy atom. The fourth-order valence-corrected chi connectivity index (χ4v) is 2.65. The second-order valence-electron chi connectivity index (χ2n) is 3.02. The molecule has 2 unspecified atom stereocenters. The van der Waals surface area contributed by atoms with Gasteiger partial charge in [0, 0.05) is 11.3 Å². The molecule has 0 radical (unpaired) electrons. The van der Waals surface area contributed by atoms with Crippen LogP contribution in [0.15, 0.2) is 0 Å². The standard InChI is InChI=1S/C7H15NOS/c1-7(6(9)5-8)3-2-4-10-7/h6,9H,2-5,8H2,1H3. The van der Waals surface area contributed by atoms with Gasteiger partial charge in [-0.1, -0.05) is 0 Å². The Balaban J connectivity index is 2.49. The molecule has 0 bridgehead atoms. The predicted molar refractivity (Wildman–Crippen MR) is 45.2 cm³/mol. The Labute approximate surface area is 66.2 Å². The van der Waals surface area contributed by atoms with Gasteiger partial charge in [-0.15, -0.1) is 0 Å². The van der Waals surface area contributed by atoms with Crippen molar-refractivity contribution in [2.45, 2.75) is 30.6 Å². The zero-order valence-electron chi connectivity index (χ0n) is 6.34. The maximum atomic E-state index is 9.47. The first-order chi connectivity index (χ1) is 4.69. The molecule has 1 fully saturated rings. The number of aliphatic hydroxyl groups is 1. The number of aliphatic hydroxyl groups excluding tert-OH is 1. The first-order valence-corrected chi connectivity index (χ1v) is 4.70. The van der Waals surface area contributed by atoms with Crippen molar-refractivity contribution in [2.24, 2.45) is 5.73 Å². The third-order valence-electron chi connectivity index (χ3n) is 2.18. The van der Waals surface area contributed by atoms with E-state index in [-0.39, 0.29) is 10.9 Å². The second kappa shape index (κ2) is 3.11. The largest absolute Gasteiger partial charge is 0.390 e. The van der Waals surface area contributed by atoms with Gasteiger partial charge in [0.25, 0.3) is 0 Å². The number of hydrogen-bond donors (Lipinski definition) is 2. The number of thioether (sulfide) groups is 1. The Hall–Kier alpha value is 0.270. The van der Waals surface area contributed by atoms with Gasteiger partial charge in [0.05, 0.1) is 6.10 Å². The van der Waals surface area contributed by atoms with Crippen LogP contribution in [0.5, 0.6) is 0 Å². The van der Waals surface area contributed by atoms with E-state index >= 15 is 0 Å². The number of rotatable bonds is 2. The molecule has 1 heterocycles. The van der Waals surface area contributed by atoms with Crippen molar-refractivity contribution in [3.63, 3.8) is 0 Å². The molecule has 0 spiro atoms. The number of nitrogens with two attached hydrogens (primary N) is 1. The number of hydrogen-bond acceptors (Lipinski definition) is 3. The summed E-state index contributed by atoms with van der Waals surface area (Å²) in [7, 11) is 0. The molecule has 0 saturated carbocycles. The van der Waals surface area contributed by atoms with Crippen molar-refractivity contribution in [2.75, 3.05) is 12.3 Å². The van der Waals surface area contributed by atoms with Crippen molar-refractivity contribution >= 4 is 11.8 Å². The molecule has 1 aliphatic rings.